The normalized spacial score (nSPS) is 18.5. The highest BCUT2D eigenvalue weighted by molar-refractivity contribution is 7.92. The lowest BCUT2D eigenvalue weighted by molar-refractivity contribution is -0.136. The Bertz CT molecular complexity index is 523. The smallest absolute Gasteiger partial charge is 0.287 e. The molecule has 1 aliphatic heterocycles. The molecule has 0 saturated carbocycles. The molecule has 6 heteroatoms. The molecule has 1 heterocycles. The van der Waals surface area contributed by atoms with Gasteiger partial charge in [0, 0.05) is 5.70 Å². The molecule has 0 aromatic carbocycles. The molecule has 2 unspecified atom stereocenters. The van der Waals surface area contributed by atoms with E-state index in [0.29, 0.717) is 0 Å². The summed E-state index contributed by atoms with van der Waals surface area (Å²) in [6.07, 6.45) is 17.9. The SMILES string of the molecule is CCCCCCCCC=C(CCCCCCCC)N1C(=O)CC([S+]([O-])CCO)C1=O. The van der Waals surface area contributed by atoms with Crippen molar-refractivity contribution in [2.45, 2.75) is 115 Å². The molecule has 2 atom stereocenters. The van der Waals surface area contributed by atoms with E-state index in [1.807, 2.05) is 0 Å². The van der Waals surface area contributed by atoms with Crippen LogP contribution in [0.4, 0.5) is 0 Å². The Balaban J connectivity index is 2.67. The quantitative estimate of drug-likeness (QED) is 0.179. The molecule has 5 nitrogen and oxygen atoms in total. The van der Waals surface area contributed by atoms with E-state index in [0.717, 1.165) is 37.8 Å². The van der Waals surface area contributed by atoms with Gasteiger partial charge in [-0.15, -0.1) is 0 Å². The zero-order valence-electron chi connectivity index (χ0n) is 19.2. The summed E-state index contributed by atoms with van der Waals surface area (Å²) in [5.74, 6) is -0.533. The Morgan fingerprint density at radius 2 is 1.57 bits per heavy atom. The monoisotopic (exact) mass is 441 g/mol. The van der Waals surface area contributed by atoms with Crippen molar-refractivity contribution in [1.29, 1.82) is 0 Å². The lowest BCUT2D eigenvalue weighted by atomic mass is 10.1. The molecule has 0 aromatic rings. The zero-order chi connectivity index (χ0) is 22.2. The summed E-state index contributed by atoms with van der Waals surface area (Å²) in [5, 5.41) is 8.24. The van der Waals surface area contributed by atoms with Crippen molar-refractivity contribution in [1.82, 2.24) is 4.90 Å². The molecule has 30 heavy (non-hydrogen) atoms. The first-order valence-electron chi connectivity index (χ1n) is 12.1. The Kier molecular flexibility index (Phi) is 15.2. The minimum absolute atomic E-state index is 0.00367. The highest BCUT2D eigenvalue weighted by Gasteiger charge is 2.46. The molecular formula is C24H43NO4S. The van der Waals surface area contributed by atoms with Gasteiger partial charge in [0.25, 0.3) is 5.91 Å². The van der Waals surface area contributed by atoms with Crippen LogP contribution < -0.4 is 0 Å². The number of nitrogens with zero attached hydrogens (tertiary/aromatic N) is 1. The third kappa shape index (κ3) is 9.97. The molecule has 2 amide bonds. The van der Waals surface area contributed by atoms with E-state index in [9.17, 15) is 14.1 Å². The maximum Gasteiger partial charge on any atom is 0.287 e. The molecule has 1 aliphatic rings. The fourth-order valence-electron chi connectivity index (χ4n) is 3.93. The van der Waals surface area contributed by atoms with Gasteiger partial charge in [-0.25, -0.2) is 0 Å². The molecule has 0 aromatic heterocycles. The number of hydrogen-bond acceptors (Lipinski definition) is 4. The average Bonchev–Trinajstić information content (AvgIpc) is 3.02. The molecule has 1 N–H and O–H groups in total. The second kappa shape index (κ2) is 16.8. The third-order valence-corrected chi connectivity index (χ3v) is 7.31. The maximum absolute atomic E-state index is 12.8. The third-order valence-electron chi connectivity index (χ3n) is 5.73. The summed E-state index contributed by atoms with van der Waals surface area (Å²) in [5.41, 5.74) is 0.803. The Morgan fingerprint density at radius 3 is 2.17 bits per heavy atom. The zero-order valence-corrected chi connectivity index (χ0v) is 20.0. The summed E-state index contributed by atoms with van der Waals surface area (Å²) in [7, 11) is 0. The number of allylic oxidation sites excluding steroid dienone is 2. The van der Waals surface area contributed by atoms with Gasteiger partial charge in [0.1, 0.15) is 5.75 Å². The Morgan fingerprint density at radius 1 is 1.00 bits per heavy atom. The number of carbonyl (C=O) groups excluding carboxylic acids is 2. The van der Waals surface area contributed by atoms with Crippen LogP contribution >= 0.6 is 0 Å². The van der Waals surface area contributed by atoms with Gasteiger partial charge in [0.2, 0.25) is 11.2 Å². The summed E-state index contributed by atoms with van der Waals surface area (Å²) < 4.78 is 12.2. The van der Waals surface area contributed by atoms with E-state index in [1.165, 1.54) is 62.7 Å². The number of rotatable bonds is 18. The molecule has 0 bridgehead atoms. The van der Waals surface area contributed by atoms with Gasteiger partial charge in [-0.1, -0.05) is 84.1 Å². The van der Waals surface area contributed by atoms with E-state index < -0.39 is 16.4 Å². The van der Waals surface area contributed by atoms with E-state index in [1.54, 1.807) is 0 Å². The van der Waals surface area contributed by atoms with Crippen LogP contribution in [0.1, 0.15) is 110 Å². The number of aliphatic hydroxyl groups is 1. The fourth-order valence-corrected chi connectivity index (χ4v) is 5.05. The highest BCUT2D eigenvalue weighted by atomic mass is 32.2. The van der Waals surface area contributed by atoms with Crippen LogP contribution in [-0.4, -0.2) is 44.0 Å². The second-order valence-electron chi connectivity index (χ2n) is 8.34. The summed E-state index contributed by atoms with van der Waals surface area (Å²) in [6, 6.07) is 0. The Labute approximate surface area is 186 Å². The maximum atomic E-state index is 12.8. The van der Waals surface area contributed by atoms with Gasteiger partial charge in [-0.05, 0) is 36.9 Å². The van der Waals surface area contributed by atoms with Gasteiger partial charge in [-0.2, -0.15) is 0 Å². The molecular weight excluding hydrogens is 398 g/mol. The number of hydrogen-bond donors (Lipinski definition) is 1. The van der Waals surface area contributed by atoms with E-state index >= 15 is 0 Å². The van der Waals surface area contributed by atoms with Crippen molar-refractivity contribution in [2.75, 3.05) is 12.4 Å². The first kappa shape index (κ1) is 27.2. The van der Waals surface area contributed by atoms with Gasteiger partial charge >= 0.3 is 0 Å². The lowest BCUT2D eigenvalue weighted by Gasteiger charge is -2.20. The summed E-state index contributed by atoms with van der Waals surface area (Å²) in [4.78, 5) is 26.7. The minimum Gasteiger partial charge on any atom is -0.616 e. The summed E-state index contributed by atoms with van der Waals surface area (Å²) in [6.45, 7) is 4.18. The van der Waals surface area contributed by atoms with Crippen LogP contribution in [-0.2, 0) is 20.8 Å². The first-order valence-corrected chi connectivity index (χ1v) is 13.5. The van der Waals surface area contributed by atoms with Gasteiger partial charge < -0.3 is 9.66 Å². The van der Waals surface area contributed by atoms with Gasteiger partial charge in [-0.3, -0.25) is 14.5 Å². The van der Waals surface area contributed by atoms with Crippen molar-refractivity contribution in [3.8, 4) is 0 Å². The van der Waals surface area contributed by atoms with Crippen LogP contribution in [0.25, 0.3) is 0 Å². The van der Waals surface area contributed by atoms with E-state index in [-0.39, 0.29) is 30.6 Å². The largest absolute Gasteiger partial charge is 0.616 e. The number of amides is 2. The molecule has 174 valence electrons. The summed E-state index contributed by atoms with van der Waals surface area (Å²) >= 11 is -1.50. The van der Waals surface area contributed by atoms with Crippen molar-refractivity contribution in [3.05, 3.63) is 11.8 Å². The van der Waals surface area contributed by atoms with Gasteiger partial charge in [0.05, 0.1) is 13.0 Å². The van der Waals surface area contributed by atoms with Crippen LogP contribution in [0, 0.1) is 0 Å². The predicted octanol–water partition coefficient (Wildman–Crippen LogP) is 5.24. The number of unbranched alkanes of at least 4 members (excludes halogenated alkanes) is 11. The highest BCUT2D eigenvalue weighted by Crippen LogP contribution is 2.28. The topological polar surface area (TPSA) is 80.7 Å². The molecule has 0 spiro atoms. The van der Waals surface area contributed by atoms with Gasteiger partial charge in [0.15, 0.2) is 0 Å². The molecule has 1 fully saturated rings. The van der Waals surface area contributed by atoms with Crippen molar-refractivity contribution in [2.24, 2.45) is 0 Å². The number of aliphatic hydroxyl groups excluding tert-OH is 1. The molecule has 1 saturated heterocycles. The number of imide groups is 1. The lowest BCUT2D eigenvalue weighted by Crippen LogP contribution is -2.36. The van der Waals surface area contributed by atoms with E-state index in [4.69, 9.17) is 5.11 Å². The predicted molar refractivity (Wildman–Crippen MR) is 124 cm³/mol. The first-order chi connectivity index (χ1) is 14.6. The molecule has 0 aliphatic carbocycles. The molecule has 1 rings (SSSR count). The second-order valence-corrected chi connectivity index (χ2v) is 10.1. The van der Waals surface area contributed by atoms with E-state index in [2.05, 4.69) is 19.9 Å². The number of carbonyl (C=O) groups is 2. The van der Waals surface area contributed by atoms with Crippen LogP contribution in [0.15, 0.2) is 11.8 Å². The van der Waals surface area contributed by atoms with Crippen molar-refractivity contribution < 1.29 is 19.2 Å². The standard InChI is InChI=1S/C24H43NO4S/c1-3-5-7-9-11-13-15-17-21(16-14-12-10-8-6-4-2)25-23(27)20-22(24(25)28)30(29)19-18-26/h17,22,26H,3-16,18-20H2,1-2H3. The van der Waals surface area contributed by atoms with Crippen LogP contribution in [0.3, 0.4) is 0 Å². The van der Waals surface area contributed by atoms with Crippen LogP contribution in [0.5, 0.6) is 0 Å². The van der Waals surface area contributed by atoms with Crippen molar-refractivity contribution >= 4 is 23.0 Å². The minimum atomic E-state index is -1.50. The average molecular weight is 442 g/mol. The Hall–Kier alpha value is -0.850. The van der Waals surface area contributed by atoms with Crippen LogP contribution in [0.2, 0.25) is 0 Å². The van der Waals surface area contributed by atoms with Crippen molar-refractivity contribution in [3.63, 3.8) is 0 Å². The fraction of sp³-hybridized carbons (Fsp3) is 0.833. The number of likely N-dealkylation sites (tertiary alicyclic amines) is 1. The molecule has 0 radical (unpaired) electrons.